The Morgan fingerprint density at radius 2 is 1.80 bits per heavy atom. The molecule has 0 N–H and O–H groups in total. The topological polar surface area (TPSA) is 0 Å². The number of rotatable bonds is 2. The lowest BCUT2D eigenvalue weighted by atomic mass is 10.6. The number of hydrogen-bond acceptors (Lipinski definition) is 0. The molecule has 0 aliphatic carbocycles. The molecule has 0 nitrogen and oxygen atoms in total. The molecule has 0 aliphatic rings. The number of hydrogen-bond donors (Lipinski definition) is 0. The number of halogens is 2. The summed E-state index contributed by atoms with van der Waals surface area (Å²) in [6, 6.07) is 0. The lowest BCUT2D eigenvalue weighted by Crippen LogP contribution is -1.68. The van der Waals surface area contributed by atoms with Crippen LogP contribution in [0.4, 0.5) is 0 Å². The van der Waals surface area contributed by atoms with Crippen molar-refractivity contribution in [1.29, 1.82) is 0 Å². The second kappa shape index (κ2) is 5.46. The maximum absolute atomic E-state index is 7.05. The Morgan fingerprint density at radius 3 is 1.80 bits per heavy atom. The van der Waals surface area contributed by atoms with Crippen LogP contribution in [0.25, 0.3) is 0 Å². The second-order valence-corrected chi connectivity index (χ2v) is 2.36. The predicted octanol–water partition coefficient (Wildman–Crippen LogP) is 2.25. The van der Waals surface area contributed by atoms with Crippen LogP contribution >= 0.6 is 45.2 Å². The van der Waals surface area contributed by atoms with Crippen LogP contribution in [-0.4, -0.2) is 8.86 Å². The average Bonchev–Trinajstić information content (AvgIpc) is 1.65. The van der Waals surface area contributed by atoms with Crippen LogP contribution in [0.3, 0.4) is 0 Å². The summed E-state index contributed by atoms with van der Waals surface area (Å²) in [5, 5.41) is 0. The van der Waals surface area contributed by atoms with Crippen LogP contribution < -0.4 is 0 Å². The van der Waals surface area contributed by atoms with Gasteiger partial charge in [0.2, 0.25) is 0 Å². The van der Waals surface area contributed by atoms with E-state index in [-0.39, 0.29) is 6.40 Å². The Morgan fingerprint density at radius 1 is 1.40 bits per heavy atom. The van der Waals surface area contributed by atoms with Gasteiger partial charge in [0.05, 0.1) is 0 Å². The quantitative estimate of drug-likeness (QED) is 0.542. The Kier molecular flexibility index (Phi) is 5.04. The lowest BCUT2D eigenvalue weighted by Gasteiger charge is -1.76. The van der Waals surface area contributed by atoms with E-state index in [0.29, 0.717) is 0 Å². The van der Waals surface area contributed by atoms with Crippen molar-refractivity contribution < 1.29 is 1.37 Å². The molecule has 0 aromatic heterocycles. The van der Waals surface area contributed by atoms with Gasteiger partial charge in [-0.25, -0.2) is 0 Å². The number of alkyl halides is 2. The van der Waals surface area contributed by atoms with Crippen molar-refractivity contribution in [3.05, 3.63) is 0 Å². The first kappa shape index (κ1) is 4.61. The standard InChI is InChI=1S/C3H6I2/c4-2-1-3-5/h1-3H2/i1D. The van der Waals surface area contributed by atoms with Crippen LogP contribution in [0.1, 0.15) is 7.77 Å². The molecule has 0 saturated heterocycles. The fraction of sp³-hybridized carbons (Fsp3) is 1.00. The SMILES string of the molecule is [2H]C(CI)CI. The molecule has 0 bridgehead atoms. The van der Waals surface area contributed by atoms with Gasteiger partial charge in [0, 0.05) is 10.2 Å². The monoisotopic (exact) mass is 297 g/mol. The second-order valence-electron chi connectivity index (χ2n) is 0.597. The van der Waals surface area contributed by atoms with Crippen molar-refractivity contribution in [2.24, 2.45) is 0 Å². The summed E-state index contributed by atoms with van der Waals surface area (Å²) in [6.45, 7) is 0. The van der Waals surface area contributed by atoms with E-state index in [1.165, 1.54) is 0 Å². The molecule has 0 radical (unpaired) electrons. The van der Waals surface area contributed by atoms with Crippen molar-refractivity contribution in [3.8, 4) is 0 Å². The first-order chi connectivity index (χ1) is 2.81. The molecule has 0 saturated carbocycles. The zero-order valence-electron chi connectivity index (χ0n) is 3.75. The molecule has 5 heavy (non-hydrogen) atoms. The predicted molar refractivity (Wildman–Crippen MR) is 42.4 cm³/mol. The molecule has 32 valence electrons. The molecule has 0 fully saturated rings. The van der Waals surface area contributed by atoms with Gasteiger partial charge in [-0.15, -0.1) is 0 Å². The zero-order valence-corrected chi connectivity index (χ0v) is 7.06. The molecule has 2 heteroatoms. The van der Waals surface area contributed by atoms with Gasteiger partial charge < -0.3 is 0 Å². The summed E-state index contributed by atoms with van der Waals surface area (Å²) >= 11 is 4.44. The van der Waals surface area contributed by atoms with Crippen LogP contribution in [0, 0.1) is 0 Å². The third kappa shape index (κ3) is 5.46. The highest BCUT2D eigenvalue weighted by Crippen LogP contribution is 1.91. The van der Waals surface area contributed by atoms with Gasteiger partial charge in [0.1, 0.15) is 0 Å². The third-order valence-electron chi connectivity index (χ3n) is 0.218. The Hall–Kier alpha value is 1.46. The van der Waals surface area contributed by atoms with E-state index in [9.17, 15) is 0 Å². The van der Waals surface area contributed by atoms with Crippen molar-refractivity contribution in [2.75, 3.05) is 8.86 Å². The van der Waals surface area contributed by atoms with E-state index in [4.69, 9.17) is 1.37 Å². The summed E-state index contributed by atoms with van der Waals surface area (Å²) in [6.07, 6.45) is 0.159. The summed E-state index contributed by atoms with van der Waals surface area (Å²) < 4.78 is 8.97. The van der Waals surface area contributed by atoms with Gasteiger partial charge in [0.25, 0.3) is 0 Å². The van der Waals surface area contributed by atoms with Crippen molar-refractivity contribution >= 4 is 45.2 Å². The van der Waals surface area contributed by atoms with Crippen LogP contribution in [0.15, 0.2) is 0 Å². The van der Waals surface area contributed by atoms with E-state index in [0.717, 1.165) is 8.86 Å². The molecule has 0 aliphatic heterocycles. The van der Waals surface area contributed by atoms with E-state index in [2.05, 4.69) is 45.2 Å². The third-order valence-corrected chi connectivity index (χ3v) is 1.46. The smallest absolute Gasteiger partial charge is 0.0282 e. The molecule has 0 spiro atoms. The van der Waals surface area contributed by atoms with E-state index in [1.54, 1.807) is 0 Å². The van der Waals surface area contributed by atoms with Crippen LogP contribution in [-0.2, 0) is 0 Å². The maximum Gasteiger partial charge on any atom is 0.0282 e. The normalized spacial score (nSPS) is 12.2. The highest BCUT2D eigenvalue weighted by Gasteiger charge is 1.71. The minimum atomic E-state index is 0.159. The van der Waals surface area contributed by atoms with E-state index >= 15 is 0 Å². The van der Waals surface area contributed by atoms with E-state index < -0.39 is 0 Å². The Balaban J connectivity index is 2.75. The fourth-order valence-corrected chi connectivity index (χ4v) is 1.86. The summed E-state index contributed by atoms with van der Waals surface area (Å²) in [5.41, 5.74) is 0. The van der Waals surface area contributed by atoms with Crippen molar-refractivity contribution in [1.82, 2.24) is 0 Å². The minimum absolute atomic E-state index is 0.159. The van der Waals surface area contributed by atoms with Crippen molar-refractivity contribution in [3.63, 3.8) is 0 Å². The molecular weight excluding hydrogens is 290 g/mol. The zero-order chi connectivity index (χ0) is 4.99. The summed E-state index contributed by atoms with van der Waals surface area (Å²) in [5.74, 6) is 0. The van der Waals surface area contributed by atoms with Gasteiger partial charge in [-0.2, -0.15) is 0 Å². The van der Waals surface area contributed by atoms with Gasteiger partial charge in [-0.1, -0.05) is 45.2 Å². The molecular formula is C3H6I2. The summed E-state index contributed by atoms with van der Waals surface area (Å²) in [7, 11) is 0. The first-order valence-corrected chi connectivity index (χ1v) is 4.40. The van der Waals surface area contributed by atoms with Gasteiger partial charge >= 0.3 is 0 Å². The molecule has 0 amide bonds. The molecule has 0 rings (SSSR count). The highest BCUT2D eigenvalue weighted by atomic mass is 127. The van der Waals surface area contributed by atoms with Gasteiger partial charge in [0.15, 0.2) is 0 Å². The average molecular weight is 297 g/mol. The molecule has 0 aromatic rings. The fourth-order valence-electron chi connectivity index (χ4n) is 0.0412. The molecule has 0 unspecified atom stereocenters. The Labute approximate surface area is 61.4 Å². The molecule has 0 heterocycles. The lowest BCUT2D eigenvalue weighted by molar-refractivity contribution is 1.17. The van der Waals surface area contributed by atoms with Crippen LogP contribution in [0.2, 0.25) is 0 Å². The Bertz CT molecular complexity index is 28.0. The summed E-state index contributed by atoms with van der Waals surface area (Å²) in [4.78, 5) is 0. The van der Waals surface area contributed by atoms with Gasteiger partial charge in [-0.05, 0) is 6.40 Å². The highest BCUT2D eigenvalue weighted by molar-refractivity contribution is 14.1. The minimum Gasteiger partial charge on any atom is -0.0863 e. The molecule has 0 atom stereocenters. The van der Waals surface area contributed by atoms with E-state index in [1.807, 2.05) is 0 Å². The van der Waals surface area contributed by atoms with Crippen LogP contribution in [0.5, 0.6) is 0 Å². The largest absolute Gasteiger partial charge is 0.0863 e. The first-order valence-electron chi connectivity index (χ1n) is 1.93. The van der Waals surface area contributed by atoms with Gasteiger partial charge in [-0.3, -0.25) is 0 Å². The molecule has 0 aromatic carbocycles. The van der Waals surface area contributed by atoms with Crippen molar-refractivity contribution in [2.45, 2.75) is 6.40 Å². The maximum atomic E-state index is 7.05.